The van der Waals surface area contributed by atoms with Crippen LogP contribution in [0.1, 0.15) is 11.1 Å². The fourth-order valence-corrected chi connectivity index (χ4v) is 2.08. The Morgan fingerprint density at radius 2 is 2.33 bits per heavy atom. The number of aromatic nitrogens is 2. The second kappa shape index (κ2) is 6.95. The Morgan fingerprint density at radius 1 is 1.52 bits per heavy atom. The highest BCUT2D eigenvalue weighted by atomic mass is 35.5. The van der Waals surface area contributed by atoms with Crippen LogP contribution >= 0.6 is 11.6 Å². The molecule has 21 heavy (non-hydrogen) atoms. The van der Waals surface area contributed by atoms with Gasteiger partial charge in [-0.15, -0.1) is 0 Å². The summed E-state index contributed by atoms with van der Waals surface area (Å²) in [6.07, 6.45) is 6.91. The zero-order chi connectivity index (χ0) is 15.2. The Bertz CT molecular complexity index is 665. The van der Waals surface area contributed by atoms with Crippen LogP contribution < -0.4 is 4.74 Å². The van der Waals surface area contributed by atoms with E-state index in [1.165, 1.54) is 6.08 Å². The van der Waals surface area contributed by atoms with E-state index >= 15 is 0 Å². The third-order valence-electron chi connectivity index (χ3n) is 2.80. The first-order valence-electron chi connectivity index (χ1n) is 6.36. The monoisotopic (exact) mass is 306 g/mol. The Balaban J connectivity index is 2.06. The van der Waals surface area contributed by atoms with Crippen LogP contribution in [0.3, 0.4) is 0 Å². The number of nitrogens with zero attached hydrogens (tertiary/aromatic N) is 2. The summed E-state index contributed by atoms with van der Waals surface area (Å²) in [6.45, 7) is 0.434. The maximum absolute atomic E-state index is 10.6. The summed E-state index contributed by atoms with van der Waals surface area (Å²) < 4.78 is 7.43. The average Bonchev–Trinajstić information content (AvgIpc) is 2.84. The van der Waals surface area contributed by atoms with Crippen LogP contribution in [-0.4, -0.2) is 27.5 Å². The van der Waals surface area contributed by atoms with Crippen molar-refractivity contribution in [3.05, 3.63) is 52.8 Å². The second-order valence-electron chi connectivity index (χ2n) is 4.45. The molecule has 0 unspecified atom stereocenters. The van der Waals surface area contributed by atoms with E-state index in [0.717, 1.165) is 11.6 Å². The summed E-state index contributed by atoms with van der Waals surface area (Å²) in [6, 6.07) is 5.21. The third-order valence-corrected chi connectivity index (χ3v) is 3.10. The minimum absolute atomic E-state index is 0.434. The second-order valence-corrected chi connectivity index (χ2v) is 4.86. The third kappa shape index (κ3) is 4.36. The number of carbonyl (C=O) groups is 1. The Kier molecular flexibility index (Phi) is 5.00. The van der Waals surface area contributed by atoms with Crippen LogP contribution in [0.2, 0.25) is 5.02 Å². The topological polar surface area (TPSA) is 64.3 Å². The predicted octanol–water partition coefficient (Wildman–Crippen LogP) is 2.79. The first kappa shape index (κ1) is 15.1. The highest BCUT2D eigenvalue weighted by Crippen LogP contribution is 2.29. The molecule has 0 spiro atoms. The molecule has 1 heterocycles. The number of carboxylic acids is 1. The van der Waals surface area contributed by atoms with Gasteiger partial charge in [-0.2, -0.15) is 5.10 Å². The molecule has 2 aromatic rings. The molecule has 0 atom stereocenters. The Morgan fingerprint density at radius 3 is 3.00 bits per heavy atom. The molecule has 0 radical (unpaired) electrons. The summed E-state index contributed by atoms with van der Waals surface area (Å²) in [4.78, 5) is 10.6. The fourth-order valence-electron chi connectivity index (χ4n) is 1.84. The minimum Gasteiger partial charge on any atom is -0.491 e. The lowest BCUT2D eigenvalue weighted by Gasteiger charge is -2.10. The zero-order valence-corrected chi connectivity index (χ0v) is 12.2. The van der Waals surface area contributed by atoms with Crippen molar-refractivity contribution in [3.63, 3.8) is 0 Å². The van der Waals surface area contributed by atoms with E-state index in [-0.39, 0.29) is 0 Å². The summed E-state index contributed by atoms with van der Waals surface area (Å²) in [5.74, 6) is -0.531. The lowest BCUT2D eigenvalue weighted by molar-refractivity contribution is -0.131. The number of benzene rings is 1. The fraction of sp³-hybridized carbons (Fsp3) is 0.200. The molecule has 0 amide bonds. The van der Waals surface area contributed by atoms with Gasteiger partial charge in [0, 0.05) is 31.3 Å². The maximum Gasteiger partial charge on any atom is 0.328 e. The van der Waals surface area contributed by atoms with Gasteiger partial charge in [-0.1, -0.05) is 23.7 Å². The van der Waals surface area contributed by atoms with E-state index in [2.05, 4.69) is 5.10 Å². The van der Waals surface area contributed by atoms with Gasteiger partial charge in [0.15, 0.2) is 0 Å². The van der Waals surface area contributed by atoms with Crippen LogP contribution in [-0.2, 0) is 18.3 Å². The van der Waals surface area contributed by atoms with E-state index in [9.17, 15) is 4.79 Å². The van der Waals surface area contributed by atoms with Crippen LogP contribution in [0.15, 0.2) is 36.7 Å². The molecule has 0 bridgehead atoms. The zero-order valence-electron chi connectivity index (χ0n) is 11.5. The number of rotatable bonds is 6. The quantitative estimate of drug-likeness (QED) is 0.834. The normalized spacial score (nSPS) is 11.0. The van der Waals surface area contributed by atoms with Gasteiger partial charge in [-0.3, -0.25) is 4.68 Å². The van der Waals surface area contributed by atoms with Crippen molar-refractivity contribution in [2.75, 3.05) is 6.61 Å². The molecule has 5 nitrogen and oxygen atoms in total. The van der Waals surface area contributed by atoms with Gasteiger partial charge in [0.25, 0.3) is 0 Å². The molecule has 0 aliphatic carbocycles. The lowest BCUT2D eigenvalue weighted by atomic mass is 10.2. The molecular weight excluding hydrogens is 292 g/mol. The maximum atomic E-state index is 10.6. The number of halogens is 1. The number of aryl methyl sites for hydroxylation is 1. The highest BCUT2D eigenvalue weighted by molar-refractivity contribution is 6.32. The molecule has 2 rings (SSSR count). The molecule has 6 heteroatoms. The number of para-hydroxylation sites is 1. The summed E-state index contributed by atoms with van der Waals surface area (Å²) in [5, 5.41) is 13.2. The molecule has 1 aromatic heterocycles. The number of hydrogen-bond acceptors (Lipinski definition) is 3. The van der Waals surface area contributed by atoms with Gasteiger partial charge >= 0.3 is 5.97 Å². The van der Waals surface area contributed by atoms with Gasteiger partial charge in [0.1, 0.15) is 5.75 Å². The van der Waals surface area contributed by atoms with Crippen molar-refractivity contribution >= 4 is 23.6 Å². The first-order chi connectivity index (χ1) is 10.1. The Hall–Kier alpha value is -2.27. The van der Waals surface area contributed by atoms with Crippen molar-refractivity contribution in [3.8, 4) is 5.75 Å². The molecule has 0 fully saturated rings. The van der Waals surface area contributed by atoms with Gasteiger partial charge in [0.2, 0.25) is 0 Å². The number of hydrogen-bond donors (Lipinski definition) is 1. The summed E-state index contributed by atoms with van der Waals surface area (Å²) in [7, 11) is 1.85. The molecule has 0 saturated heterocycles. The molecule has 0 saturated carbocycles. The van der Waals surface area contributed by atoms with Crippen LogP contribution in [0.25, 0.3) is 6.08 Å². The van der Waals surface area contributed by atoms with E-state index < -0.39 is 5.97 Å². The largest absolute Gasteiger partial charge is 0.491 e. The van der Waals surface area contributed by atoms with E-state index in [1.54, 1.807) is 29.1 Å². The van der Waals surface area contributed by atoms with Crippen molar-refractivity contribution < 1.29 is 14.6 Å². The van der Waals surface area contributed by atoms with Gasteiger partial charge < -0.3 is 9.84 Å². The van der Waals surface area contributed by atoms with Gasteiger partial charge in [0.05, 0.1) is 17.8 Å². The molecule has 0 aliphatic rings. The van der Waals surface area contributed by atoms with Crippen LogP contribution in [0.4, 0.5) is 0 Å². The van der Waals surface area contributed by atoms with Gasteiger partial charge in [-0.05, 0) is 17.7 Å². The van der Waals surface area contributed by atoms with Crippen LogP contribution in [0, 0.1) is 0 Å². The van der Waals surface area contributed by atoms with E-state index in [0.29, 0.717) is 29.4 Å². The number of carboxylic acid groups (broad SMARTS) is 1. The minimum atomic E-state index is -1.02. The van der Waals surface area contributed by atoms with Crippen LogP contribution in [0.5, 0.6) is 5.75 Å². The van der Waals surface area contributed by atoms with Crippen molar-refractivity contribution in [1.82, 2.24) is 9.78 Å². The predicted molar refractivity (Wildman–Crippen MR) is 80.5 cm³/mol. The SMILES string of the molecule is Cn1cc(CCOc2c(Cl)cccc2/C=C/C(=O)O)cn1. The van der Waals surface area contributed by atoms with E-state index in [1.807, 2.05) is 13.2 Å². The molecule has 110 valence electrons. The van der Waals surface area contributed by atoms with Gasteiger partial charge in [-0.25, -0.2) is 4.79 Å². The number of aliphatic carboxylic acids is 1. The molecular formula is C15H15ClN2O3. The molecule has 1 aromatic carbocycles. The van der Waals surface area contributed by atoms with E-state index in [4.69, 9.17) is 21.4 Å². The summed E-state index contributed by atoms with van der Waals surface area (Å²) in [5.41, 5.74) is 1.70. The highest BCUT2D eigenvalue weighted by Gasteiger charge is 2.07. The first-order valence-corrected chi connectivity index (χ1v) is 6.74. The molecule has 1 N–H and O–H groups in total. The Labute approximate surface area is 127 Å². The van der Waals surface area contributed by atoms with Crippen molar-refractivity contribution in [2.24, 2.45) is 7.05 Å². The molecule has 0 aliphatic heterocycles. The standard InChI is InChI=1S/C15H15ClN2O3/c1-18-10-11(9-17-18)7-8-21-15-12(5-6-14(19)20)3-2-4-13(15)16/h2-6,9-10H,7-8H2,1H3,(H,19,20)/b6-5+. The smallest absolute Gasteiger partial charge is 0.328 e. The average molecular weight is 307 g/mol. The van der Waals surface area contributed by atoms with Crippen molar-refractivity contribution in [1.29, 1.82) is 0 Å². The summed E-state index contributed by atoms with van der Waals surface area (Å²) >= 11 is 6.11. The lowest BCUT2D eigenvalue weighted by Crippen LogP contribution is -2.02. The number of ether oxygens (including phenoxy) is 1. The van der Waals surface area contributed by atoms with Crippen molar-refractivity contribution in [2.45, 2.75) is 6.42 Å².